The van der Waals surface area contributed by atoms with Gasteiger partial charge >= 0.3 is 0 Å². The number of halogens is 3. The van der Waals surface area contributed by atoms with Gasteiger partial charge in [0, 0.05) is 30.6 Å². The van der Waals surface area contributed by atoms with Gasteiger partial charge < -0.3 is 10.2 Å². The van der Waals surface area contributed by atoms with Gasteiger partial charge in [-0.25, -0.2) is 0 Å². The molecule has 2 rings (SSSR count). The van der Waals surface area contributed by atoms with Crippen molar-refractivity contribution in [3.63, 3.8) is 0 Å². The Hall–Kier alpha value is -1.75. The summed E-state index contributed by atoms with van der Waals surface area (Å²) >= 11 is 17.9. The third-order valence-corrected chi connectivity index (χ3v) is 4.40. The summed E-state index contributed by atoms with van der Waals surface area (Å²) in [5.41, 5.74) is 1.14. The summed E-state index contributed by atoms with van der Waals surface area (Å²) in [5, 5.41) is 3.58. The van der Waals surface area contributed by atoms with Crippen LogP contribution >= 0.6 is 34.8 Å². The zero-order valence-corrected chi connectivity index (χ0v) is 15.8. The molecule has 0 bridgehead atoms. The van der Waals surface area contributed by atoms with E-state index in [-0.39, 0.29) is 34.7 Å². The SMILES string of the molecule is CN(C(=O)CCCC(=O)Nc1c(Cl)cc(Cl)cc1Cl)c1ccccc1. The highest BCUT2D eigenvalue weighted by Gasteiger charge is 2.14. The molecule has 1 N–H and O–H groups in total. The van der Waals surface area contributed by atoms with Crippen LogP contribution in [0.3, 0.4) is 0 Å². The van der Waals surface area contributed by atoms with Crippen LogP contribution in [-0.4, -0.2) is 18.9 Å². The number of anilines is 2. The fourth-order valence-electron chi connectivity index (χ4n) is 2.23. The van der Waals surface area contributed by atoms with Crippen LogP contribution in [0.5, 0.6) is 0 Å². The summed E-state index contributed by atoms with van der Waals surface area (Å²) in [6.45, 7) is 0. The highest BCUT2D eigenvalue weighted by molar-refractivity contribution is 6.42. The number of carbonyl (C=O) groups is 2. The van der Waals surface area contributed by atoms with Crippen molar-refractivity contribution in [3.8, 4) is 0 Å². The summed E-state index contributed by atoms with van der Waals surface area (Å²) in [5.74, 6) is -0.317. The van der Waals surface area contributed by atoms with E-state index >= 15 is 0 Å². The number of carbonyl (C=O) groups excluding carboxylic acids is 2. The Morgan fingerprint density at radius 1 is 1.00 bits per heavy atom. The topological polar surface area (TPSA) is 49.4 Å². The largest absolute Gasteiger partial charge is 0.324 e. The summed E-state index contributed by atoms with van der Waals surface area (Å²) < 4.78 is 0. The smallest absolute Gasteiger partial charge is 0.226 e. The lowest BCUT2D eigenvalue weighted by Crippen LogP contribution is -2.26. The van der Waals surface area contributed by atoms with Crippen molar-refractivity contribution in [2.45, 2.75) is 19.3 Å². The molecule has 7 heteroatoms. The van der Waals surface area contributed by atoms with Crippen molar-refractivity contribution in [2.24, 2.45) is 0 Å². The first-order valence-corrected chi connectivity index (χ1v) is 8.78. The number of para-hydroxylation sites is 1. The summed E-state index contributed by atoms with van der Waals surface area (Å²) in [6, 6.07) is 12.3. The molecule has 132 valence electrons. The van der Waals surface area contributed by atoms with Crippen LogP contribution in [0.2, 0.25) is 15.1 Å². The molecule has 0 fully saturated rings. The Labute approximate surface area is 161 Å². The van der Waals surface area contributed by atoms with Crippen molar-refractivity contribution in [1.82, 2.24) is 0 Å². The number of nitrogens with zero attached hydrogens (tertiary/aromatic N) is 1. The first-order valence-electron chi connectivity index (χ1n) is 7.64. The second-order valence-corrected chi connectivity index (χ2v) is 6.69. The molecule has 4 nitrogen and oxygen atoms in total. The minimum absolute atomic E-state index is 0.0541. The number of hydrogen-bond acceptors (Lipinski definition) is 2. The van der Waals surface area contributed by atoms with Gasteiger partial charge in [0.05, 0.1) is 15.7 Å². The van der Waals surface area contributed by atoms with Gasteiger partial charge in [0.15, 0.2) is 0 Å². The van der Waals surface area contributed by atoms with Gasteiger partial charge in [0.2, 0.25) is 11.8 Å². The summed E-state index contributed by atoms with van der Waals surface area (Å²) in [6.07, 6.45) is 0.870. The molecule has 2 amide bonds. The molecular formula is C18H17Cl3N2O2. The van der Waals surface area contributed by atoms with E-state index in [1.54, 1.807) is 11.9 Å². The number of benzene rings is 2. The minimum atomic E-state index is -0.263. The Bertz CT molecular complexity index is 743. The molecular weight excluding hydrogens is 383 g/mol. The van der Waals surface area contributed by atoms with Crippen LogP contribution < -0.4 is 10.2 Å². The minimum Gasteiger partial charge on any atom is -0.324 e. The average molecular weight is 400 g/mol. The molecule has 0 aliphatic rings. The molecule has 0 saturated carbocycles. The lowest BCUT2D eigenvalue weighted by Gasteiger charge is -2.17. The molecule has 0 aromatic heterocycles. The van der Waals surface area contributed by atoms with E-state index < -0.39 is 0 Å². The van der Waals surface area contributed by atoms with Crippen molar-refractivity contribution in [1.29, 1.82) is 0 Å². The second-order valence-electron chi connectivity index (χ2n) is 5.43. The Kier molecular flexibility index (Phi) is 7.12. The highest BCUT2D eigenvalue weighted by Crippen LogP contribution is 2.33. The number of amides is 2. The third kappa shape index (κ3) is 5.63. The van der Waals surface area contributed by atoms with Crippen LogP contribution in [0.4, 0.5) is 11.4 Å². The van der Waals surface area contributed by atoms with Crippen molar-refractivity contribution >= 4 is 58.0 Å². The molecule has 0 unspecified atom stereocenters. The maximum Gasteiger partial charge on any atom is 0.226 e. The maximum absolute atomic E-state index is 12.2. The number of rotatable bonds is 6. The molecule has 0 heterocycles. The quantitative estimate of drug-likeness (QED) is 0.705. The second kappa shape index (κ2) is 9.09. The molecule has 0 saturated heterocycles. The highest BCUT2D eigenvalue weighted by atomic mass is 35.5. The molecule has 2 aromatic carbocycles. The Morgan fingerprint density at radius 2 is 1.60 bits per heavy atom. The molecule has 25 heavy (non-hydrogen) atoms. The van der Waals surface area contributed by atoms with Crippen LogP contribution in [-0.2, 0) is 9.59 Å². The van der Waals surface area contributed by atoms with E-state index in [9.17, 15) is 9.59 Å². The van der Waals surface area contributed by atoms with Crippen LogP contribution in [0.25, 0.3) is 0 Å². The Morgan fingerprint density at radius 3 is 2.20 bits per heavy atom. The monoisotopic (exact) mass is 398 g/mol. The van der Waals surface area contributed by atoms with Crippen molar-refractivity contribution in [2.75, 3.05) is 17.3 Å². The first kappa shape index (κ1) is 19.6. The molecule has 0 spiro atoms. The van der Waals surface area contributed by atoms with Crippen molar-refractivity contribution < 1.29 is 9.59 Å². The third-order valence-electron chi connectivity index (χ3n) is 3.58. The standard InChI is InChI=1S/C18H17Cl3N2O2/c1-23(13-6-3-2-4-7-13)17(25)9-5-8-16(24)22-18-14(20)10-12(19)11-15(18)21/h2-4,6-7,10-11H,5,8-9H2,1H3,(H,22,24). The molecule has 0 radical (unpaired) electrons. The number of hydrogen-bond donors (Lipinski definition) is 1. The van der Waals surface area contributed by atoms with E-state index in [4.69, 9.17) is 34.8 Å². The lowest BCUT2D eigenvalue weighted by atomic mass is 10.2. The van der Waals surface area contributed by atoms with Gasteiger partial charge in [-0.15, -0.1) is 0 Å². The predicted molar refractivity (Wildman–Crippen MR) is 104 cm³/mol. The van der Waals surface area contributed by atoms with Gasteiger partial charge in [-0.3, -0.25) is 9.59 Å². The van der Waals surface area contributed by atoms with Crippen molar-refractivity contribution in [3.05, 3.63) is 57.5 Å². The van der Waals surface area contributed by atoms with Gasteiger partial charge in [-0.2, -0.15) is 0 Å². The van der Waals surface area contributed by atoms with Gasteiger partial charge in [0.1, 0.15) is 0 Å². The van der Waals surface area contributed by atoms with Gasteiger partial charge in [-0.05, 0) is 30.7 Å². The fourth-order valence-corrected chi connectivity index (χ4v) is 3.14. The van der Waals surface area contributed by atoms with Crippen LogP contribution in [0, 0.1) is 0 Å². The molecule has 0 aliphatic heterocycles. The zero-order chi connectivity index (χ0) is 18.4. The maximum atomic E-state index is 12.2. The van der Waals surface area contributed by atoms with Crippen LogP contribution in [0.1, 0.15) is 19.3 Å². The van der Waals surface area contributed by atoms with E-state index in [1.807, 2.05) is 30.3 Å². The summed E-state index contributed by atoms with van der Waals surface area (Å²) in [4.78, 5) is 25.8. The summed E-state index contributed by atoms with van der Waals surface area (Å²) in [7, 11) is 1.71. The zero-order valence-electron chi connectivity index (χ0n) is 13.6. The van der Waals surface area contributed by atoms with E-state index in [1.165, 1.54) is 12.1 Å². The van der Waals surface area contributed by atoms with E-state index in [0.717, 1.165) is 5.69 Å². The fraction of sp³-hybridized carbons (Fsp3) is 0.222. The van der Waals surface area contributed by atoms with Gasteiger partial charge in [-0.1, -0.05) is 53.0 Å². The average Bonchev–Trinajstić information content (AvgIpc) is 2.58. The van der Waals surface area contributed by atoms with Crippen LogP contribution in [0.15, 0.2) is 42.5 Å². The normalized spacial score (nSPS) is 10.4. The lowest BCUT2D eigenvalue weighted by molar-refractivity contribution is -0.118. The molecule has 2 aromatic rings. The molecule has 0 atom stereocenters. The Balaban J connectivity index is 1.84. The van der Waals surface area contributed by atoms with E-state index in [2.05, 4.69) is 5.32 Å². The van der Waals surface area contributed by atoms with Gasteiger partial charge in [0.25, 0.3) is 0 Å². The molecule has 0 aliphatic carbocycles. The van der Waals surface area contributed by atoms with E-state index in [0.29, 0.717) is 17.1 Å². The predicted octanol–water partition coefficient (Wildman–Crippen LogP) is 5.42. The number of nitrogens with one attached hydrogen (secondary N) is 1. The first-order chi connectivity index (χ1) is 11.9.